The van der Waals surface area contributed by atoms with Crippen LogP contribution in [0.3, 0.4) is 0 Å². The molecule has 0 spiro atoms. The second-order valence-corrected chi connectivity index (χ2v) is 6.23. The largest absolute Gasteiger partial charge is 0.485 e. The van der Waals surface area contributed by atoms with E-state index < -0.39 is 0 Å². The third-order valence-electron chi connectivity index (χ3n) is 4.38. The van der Waals surface area contributed by atoms with E-state index in [1.54, 1.807) is 24.3 Å². The number of nitrogens with one attached hydrogen (secondary N) is 1. The normalized spacial score (nSPS) is 10.7. The van der Waals surface area contributed by atoms with Crippen LogP contribution in [-0.4, -0.2) is 17.4 Å². The van der Waals surface area contributed by atoms with E-state index in [2.05, 4.69) is 4.98 Å². The van der Waals surface area contributed by atoms with Crippen LogP contribution in [0.15, 0.2) is 89.7 Å². The fourth-order valence-electron chi connectivity index (χ4n) is 2.93. The van der Waals surface area contributed by atoms with Crippen molar-refractivity contribution in [1.29, 1.82) is 0 Å². The van der Waals surface area contributed by atoms with Gasteiger partial charge < -0.3 is 9.72 Å². The number of H-pyrrole nitrogens is 1. The Kier molecular flexibility index (Phi) is 4.54. The van der Waals surface area contributed by atoms with E-state index in [-0.39, 0.29) is 17.9 Å². The van der Waals surface area contributed by atoms with E-state index in [1.165, 1.54) is 6.07 Å². The predicted octanol–water partition coefficient (Wildman–Crippen LogP) is 4.46. The fourth-order valence-corrected chi connectivity index (χ4v) is 2.93. The van der Waals surface area contributed by atoms with Gasteiger partial charge in [0.2, 0.25) is 5.56 Å². The van der Waals surface area contributed by atoms with Gasteiger partial charge in [-0.1, -0.05) is 54.6 Å². The van der Waals surface area contributed by atoms with Crippen LogP contribution in [0.25, 0.3) is 22.0 Å². The van der Waals surface area contributed by atoms with Crippen LogP contribution >= 0.6 is 0 Å². The molecule has 0 aliphatic heterocycles. The zero-order chi connectivity index (χ0) is 18.6. The maximum absolute atomic E-state index is 12.4. The smallest absolute Gasteiger partial charge is 0.248 e. The van der Waals surface area contributed by atoms with Crippen LogP contribution in [0.5, 0.6) is 5.75 Å². The fraction of sp³-hybridized carbons (Fsp3) is 0.0435. The minimum atomic E-state index is -0.148. The van der Waals surface area contributed by atoms with Gasteiger partial charge in [0.25, 0.3) is 0 Å². The molecule has 1 N–H and O–H groups in total. The summed E-state index contributed by atoms with van der Waals surface area (Å²) in [5.74, 6) is 0.500. The van der Waals surface area contributed by atoms with Gasteiger partial charge in [0.1, 0.15) is 5.75 Å². The van der Waals surface area contributed by atoms with Gasteiger partial charge >= 0.3 is 0 Å². The molecule has 0 unspecified atom stereocenters. The van der Waals surface area contributed by atoms with Crippen LogP contribution in [-0.2, 0) is 0 Å². The Morgan fingerprint density at radius 3 is 2.33 bits per heavy atom. The first-order valence-electron chi connectivity index (χ1n) is 8.64. The first-order chi connectivity index (χ1) is 13.2. The van der Waals surface area contributed by atoms with E-state index >= 15 is 0 Å². The molecule has 1 heterocycles. The lowest BCUT2D eigenvalue weighted by Gasteiger charge is -2.08. The molecule has 27 heavy (non-hydrogen) atoms. The molecule has 0 aliphatic carbocycles. The van der Waals surface area contributed by atoms with E-state index in [0.717, 1.165) is 22.0 Å². The molecule has 132 valence electrons. The minimum Gasteiger partial charge on any atom is -0.485 e. The number of carbonyl (C=O) groups excluding carboxylic acids is 1. The Hall–Kier alpha value is -3.66. The average molecular weight is 355 g/mol. The number of aromatic nitrogens is 1. The molecule has 0 saturated heterocycles. The lowest BCUT2D eigenvalue weighted by Crippen LogP contribution is -2.11. The summed E-state index contributed by atoms with van der Waals surface area (Å²) in [6.07, 6.45) is 0. The number of ketones is 1. The highest BCUT2D eigenvalue weighted by Crippen LogP contribution is 2.21. The van der Waals surface area contributed by atoms with Crippen LogP contribution in [0, 0.1) is 0 Å². The number of ether oxygens (including phenoxy) is 1. The summed E-state index contributed by atoms with van der Waals surface area (Å²) in [5.41, 5.74) is 3.38. The van der Waals surface area contributed by atoms with Gasteiger partial charge in [-0.3, -0.25) is 9.59 Å². The van der Waals surface area contributed by atoms with Gasteiger partial charge in [0, 0.05) is 22.5 Å². The van der Waals surface area contributed by atoms with Crippen molar-refractivity contribution in [3.05, 3.63) is 101 Å². The molecule has 0 radical (unpaired) electrons. The Morgan fingerprint density at radius 1 is 0.815 bits per heavy atom. The molecule has 4 aromatic rings. The van der Waals surface area contributed by atoms with Crippen molar-refractivity contribution >= 4 is 16.7 Å². The summed E-state index contributed by atoms with van der Waals surface area (Å²) in [6, 6.07) is 26.0. The number of hydrogen-bond acceptors (Lipinski definition) is 3. The molecule has 3 aromatic carbocycles. The second kappa shape index (κ2) is 7.30. The molecule has 0 atom stereocenters. The van der Waals surface area contributed by atoms with E-state index in [4.69, 9.17) is 4.74 Å². The third-order valence-corrected chi connectivity index (χ3v) is 4.38. The first-order valence-corrected chi connectivity index (χ1v) is 8.64. The molecule has 4 rings (SSSR count). The summed E-state index contributed by atoms with van der Waals surface area (Å²) in [5, 5.41) is 0.853. The molecule has 4 nitrogen and oxygen atoms in total. The molecule has 0 amide bonds. The van der Waals surface area contributed by atoms with E-state index in [9.17, 15) is 9.59 Å². The number of Topliss-reactive ketones (excluding diaryl/α,β-unsaturated/α-hetero) is 1. The van der Waals surface area contributed by atoms with Crippen LogP contribution in [0.1, 0.15) is 10.4 Å². The molecule has 1 aromatic heterocycles. The van der Waals surface area contributed by atoms with Gasteiger partial charge in [0.05, 0.1) is 0 Å². The van der Waals surface area contributed by atoms with Gasteiger partial charge in [0.15, 0.2) is 12.4 Å². The number of benzene rings is 3. The van der Waals surface area contributed by atoms with E-state index in [0.29, 0.717) is 11.3 Å². The zero-order valence-corrected chi connectivity index (χ0v) is 14.5. The standard InChI is InChI=1S/C23H17NO3/c25-22(18-8-6-17(7-9-18)16-4-2-1-3-5-16)15-27-20-11-12-21-19(14-20)10-13-23(26)24-21/h1-14H,15H2,(H,24,26). The van der Waals surface area contributed by atoms with Crippen molar-refractivity contribution in [2.24, 2.45) is 0 Å². The van der Waals surface area contributed by atoms with Crippen molar-refractivity contribution in [2.45, 2.75) is 0 Å². The molecule has 4 heteroatoms. The summed E-state index contributed by atoms with van der Waals surface area (Å²) in [4.78, 5) is 26.5. The first kappa shape index (κ1) is 16.8. The van der Waals surface area contributed by atoms with Crippen molar-refractivity contribution in [1.82, 2.24) is 4.98 Å². The minimum absolute atomic E-state index is 0.0421. The number of hydrogen-bond donors (Lipinski definition) is 1. The van der Waals surface area contributed by atoms with Gasteiger partial charge in [-0.25, -0.2) is 0 Å². The quantitative estimate of drug-likeness (QED) is 0.538. The average Bonchev–Trinajstić information content (AvgIpc) is 2.72. The number of pyridine rings is 1. The predicted molar refractivity (Wildman–Crippen MR) is 106 cm³/mol. The maximum Gasteiger partial charge on any atom is 0.248 e. The van der Waals surface area contributed by atoms with Gasteiger partial charge in [-0.05, 0) is 35.4 Å². The molecule has 0 bridgehead atoms. The lowest BCUT2D eigenvalue weighted by molar-refractivity contribution is 0.0921. The van der Waals surface area contributed by atoms with Crippen LogP contribution in [0.2, 0.25) is 0 Å². The Labute approximate surface area is 156 Å². The Balaban J connectivity index is 1.45. The molecular formula is C23H17NO3. The number of fused-ring (bicyclic) bond motifs is 1. The van der Waals surface area contributed by atoms with Gasteiger partial charge in [-0.2, -0.15) is 0 Å². The lowest BCUT2D eigenvalue weighted by atomic mass is 10.0. The van der Waals surface area contributed by atoms with Crippen molar-refractivity contribution in [2.75, 3.05) is 6.61 Å². The molecule has 0 saturated carbocycles. The van der Waals surface area contributed by atoms with Crippen molar-refractivity contribution in [3.8, 4) is 16.9 Å². The van der Waals surface area contributed by atoms with Crippen LogP contribution in [0.4, 0.5) is 0 Å². The third kappa shape index (κ3) is 3.80. The highest BCUT2D eigenvalue weighted by atomic mass is 16.5. The molecule has 0 aliphatic rings. The van der Waals surface area contributed by atoms with Gasteiger partial charge in [-0.15, -0.1) is 0 Å². The number of carbonyl (C=O) groups is 1. The molecular weight excluding hydrogens is 338 g/mol. The number of aromatic amines is 1. The van der Waals surface area contributed by atoms with Crippen LogP contribution < -0.4 is 10.3 Å². The highest BCUT2D eigenvalue weighted by molar-refractivity contribution is 5.97. The molecule has 0 fully saturated rings. The van der Waals surface area contributed by atoms with Crippen molar-refractivity contribution in [3.63, 3.8) is 0 Å². The summed E-state index contributed by atoms with van der Waals surface area (Å²) in [7, 11) is 0. The number of rotatable bonds is 5. The summed E-state index contributed by atoms with van der Waals surface area (Å²) in [6.45, 7) is -0.0421. The van der Waals surface area contributed by atoms with Crippen molar-refractivity contribution < 1.29 is 9.53 Å². The second-order valence-electron chi connectivity index (χ2n) is 6.23. The summed E-state index contributed by atoms with van der Waals surface area (Å²) < 4.78 is 5.63. The SMILES string of the molecule is O=C(COc1ccc2[nH]c(=O)ccc2c1)c1ccc(-c2ccccc2)cc1. The summed E-state index contributed by atoms with van der Waals surface area (Å²) >= 11 is 0. The monoisotopic (exact) mass is 355 g/mol. The maximum atomic E-state index is 12.4. The highest BCUT2D eigenvalue weighted by Gasteiger charge is 2.08. The topological polar surface area (TPSA) is 59.2 Å². The Bertz CT molecular complexity index is 1150. The zero-order valence-electron chi connectivity index (χ0n) is 14.5. The Morgan fingerprint density at radius 2 is 1.56 bits per heavy atom. The van der Waals surface area contributed by atoms with E-state index in [1.807, 2.05) is 54.6 Å².